The van der Waals surface area contributed by atoms with E-state index in [4.69, 9.17) is 9.84 Å². The molecule has 0 saturated carbocycles. The molecule has 0 bridgehead atoms. The van der Waals surface area contributed by atoms with E-state index in [9.17, 15) is 19.8 Å². The summed E-state index contributed by atoms with van der Waals surface area (Å²) in [5.41, 5.74) is -0.903. The maximum Gasteiger partial charge on any atom is 0.440 e. The maximum absolute atomic E-state index is 11.2. The number of ether oxygens (including phenoxy) is 1. The van der Waals surface area contributed by atoms with Crippen molar-refractivity contribution in [3.05, 3.63) is 21.0 Å². The number of rotatable bonds is 2. The Kier molecular flexibility index (Phi) is 2.68. The third-order valence-electron chi connectivity index (χ3n) is 2.34. The van der Waals surface area contributed by atoms with Gasteiger partial charge >= 0.3 is 11.4 Å². The number of hydrogen-bond acceptors (Lipinski definition) is 7. The summed E-state index contributed by atoms with van der Waals surface area (Å²) in [4.78, 5) is 23.7. The second kappa shape index (κ2) is 3.87. The van der Waals surface area contributed by atoms with Crippen molar-refractivity contribution in [2.75, 3.05) is 6.61 Å². The Morgan fingerprint density at radius 1 is 1.31 bits per heavy atom. The van der Waals surface area contributed by atoms with E-state index in [2.05, 4.69) is 4.52 Å². The van der Waals surface area contributed by atoms with Crippen molar-refractivity contribution in [2.24, 2.45) is 0 Å². The van der Waals surface area contributed by atoms with Gasteiger partial charge in [0.15, 0.2) is 6.23 Å². The molecule has 16 heavy (non-hydrogen) atoms. The largest absolute Gasteiger partial charge is 0.440 e. The minimum Gasteiger partial charge on any atom is -0.394 e. The average Bonchev–Trinajstić information content (AvgIpc) is 2.70. The molecule has 90 valence electrons. The van der Waals surface area contributed by atoms with E-state index in [-0.39, 0.29) is 0 Å². The minimum atomic E-state index is -1.46. The Morgan fingerprint density at radius 2 is 2.00 bits per heavy atom. The van der Waals surface area contributed by atoms with E-state index < -0.39 is 42.6 Å². The topological polar surface area (TPSA) is 138 Å². The predicted octanol–water partition coefficient (Wildman–Crippen LogP) is -3.26. The molecule has 2 heterocycles. The van der Waals surface area contributed by atoms with Gasteiger partial charge in [0.2, 0.25) is 0 Å². The van der Waals surface area contributed by atoms with Gasteiger partial charge in [-0.15, -0.1) is 4.74 Å². The van der Waals surface area contributed by atoms with E-state index in [1.54, 1.807) is 4.98 Å². The summed E-state index contributed by atoms with van der Waals surface area (Å²) >= 11 is 0. The second-order valence-electron chi connectivity index (χ2n) is 3.36. The number of aliphatic hydroxyl groups is 3. The molecule has 1 fully saturated rings. The first kappa shape index (κ1) is 11.1. The first-order valence-electron chi connectivity index (χ1n) is 4.49. The Hall–Kier alpha value is -1.42. The maximum atomic E-state index is 11.2. The lowest BCUT2D eigenvalue weighted by Crippen LogP contribution is -2.34. The van der Waals surface area contributed by atoms with Gasteiger partial charge in [-0.1, -0.05) is 0 Å². The zero-order valence-corrected chi connectivity index (χ0v) is 7.94. The molecule has 0 radical (unpaired) electrons. The number of H-pyrrole nitrogens is 1. The SMILES string of the molecule is O=c1[nH]c(=O)n([C@@H]2O[C@H](CO)[C@@H](O)[C@@H]2O)o1. The highest BCUT2D eigenvalue weighted by molar-refractivity contribution is 4.87. The Morgan fingerprint density at radius 3 is 2.44 bits per heavy atom. The summed E-state index contributed by atoms with van der Waals surface area (Å²) < 4.78 is 9.88. The molecule has 1 saturated heterocycles. The lowest BCUT2D eigenvalue weighted by molar-refractivity contribution is -0.0902. The highest BCUT2D eigenvalue weighted by Crippen LogP contribution is 2.27. The lowest BCUT2D eigenvalue weighted by atomic mass is 10.1. The predicted molar refractivity (Wildman–Crippen MR) is 46.6 cm³/mol. The summed E-state index contributed by atoms with van der Waals surface area (Å²) in [6.07, 6.45) is -5.19. The summed E-state index contributed by atoms with van der Waals surface area (Å²) in [5.74, 6) is -0.997. The number of nitrogens with one attached hydrogen (secondary N) is 1. The van der Waals surface area contributed by atoms with Gasteiger partial charge in [0.05, 0.1) is 6.61 Å². The zero-order chi connectivity index (χ0) is 11.9. The third-order valence-corrected chi connectivity index (χ3v) is 2.34. The highest BCUT2D eigenvalue weighted by Gasteiger charge is 2.45. The average molecular weight is 234 g/mol. The standard InChI is InChI=1S/C7H10N2O7/c10-1-2-3(11)4(12)5(15-2)9-6(13)8-7(14)16-9/h2-5,10-12H,1H2,(H,8,13,14)/t2-,3-,4+,5-/m1/s1. The van der Waals surface area contributed by atoms with Gasteiger partial charge in [0, 0.05) is 0 Å². The third kappa shape index (κ3) is 1.59. The van der Waals surface area contributed by atoms with Gasteiger partial charge < -0.3 is 24.6 Å². The van der Waals surface area contributed by atoms with Crippen LogP contribution in [0.3, 0.4) is 0 Å². The van der Waals surface area contributed by atoms with Gasteiger partial charge in [-0.25, -0.2) is 14.6 Å². The van der Waals surface area contributed by atoms with Crippen molar-refractivity contribution in [1.82, 2.24) is 9.72 Å². The van der Waals surface area contributed by atoms with Gasteiger partial charge in [0.25, 0.3) is 0 Å². The van der Waals surface area contributed by atoms with Crippen LogP contribution in [0, 0.1) is 0 Å². The lowest BCUT2D eigenvalue weighted by Gasteiger charge is -2.11. The number of hydrogen-bond donors (Lipinski definition) is 4. The van der Waals surface area contributed by atoms with Crippen LogP contribution in [0.5, 0.6) is 0 Å². The molecule has 0 spiro atoms. The van der Waals surface area contributed by atoms with E-state index in [1.807, 2.05) is 0 Å². The van der Waals surface area contributed by atoms with Crippen LogP contribution >= 0.6 is 0 Å². The molecule has 1 aliphatic rings. The molecule has 4 N–H and O–H groups in total. The van der Waals surface area contributed by atoms with Crippen LogP contribution in [0.1, 0.15) is 6.23 Å². The van der Waals surface area contributed by atoms with Crippen molar-refractivity contribution in [3.8, 4) is 0 Å². The molecule has 0 aromatic carbocycles. The summed E-state index contributed by atoms with van der Waals surface area (Å²) in [6, 6.07) is 0. The number of nitrogens with zero attached hydrogens (tertiary/aromatic N) is 1. The number of aromatic amines is 1. The van der Waals surface area contributed by atoms with E-state index in [0.717, 1.165) is 0 Å². The van der Waals surface area contributed by atoms with Crippen LogP contribution in [-0.4, -0.2) is 50.0 Å². The van der Waals surface area contributed by atoms with Crippen LogP contribution in [0.25, 0.3) is 0 Å². The smallest absolute Gasteiger partial charge is 0.394 e. The molecule has 1 aromatic rings. The molecule has 1 aliphatic heterocycles. The van der Waals surface area contributed by atoms with E-state index in [0.29, 0.717) is 4.74 Å². The molecule has 4 atom stereocenters. The summed E-state index contributed by atoms with van der Waals surface area (Å²) in [7, 11) is 0. The van der Waals surface area contributed by atoms with Gasteiger partial charge in [-0.3, -0.25) is 0 Å². The van der Waals surface area contributed by atoms with Crippen molar-refractivity contribution in [1.29, 1.82) is 0 Å². The normalized spacial score (nSPS) is 34.4. The van der Waals surface area contributed by atoms with E-state index >= 15 is 0 Å². The molecule has 9 nitrogen and oxygen atoms in total. The fourth-order valence-electron chi connectivity index (χ4n) is 1.54. The second-order valence-corrected chi connectivity index (χ2v) is 3.36. The van der Waals surface area contributed by atoms with Crippen LogP contribution < -0.4 is 11.4 Å². The summed E-state index contributed by atoms with van der Waals surface area (Å²) in [6.45, 7) is -0.530. The van der Waals surface area contributed by atoms with Crippen LogP contribution in [0.2, 0.25) is 0 Å². The van der Waals surface area contributed by atoms with Gasteiger partial charge in [0.1, 0.15) is 18.3 Å². The number of aliphatic hydroxyl groups excluding tert-OH is 3. The van der Waals surface area contributed by atoms with Crippen molar-refractivity contribution >= 4 is 0 Å². The molecule has 0 unspecified atom stereocenters. The minimum absolute atomic E-state index is 0.478. The van der Waals surface area contributed by atoms with Gasteiger partial charge in [-0.05, 0) is 0 Å². The fraction of sp³-hybridized carbons (Fsp3) is 0.714. The van der Waals surface area contributed by atoms with Crippen LogP contribution in [0.15, 0.2) is 14.1 Å². The molecule has 0 aliphatic carbocycles. The van der Waals surface area contributed by atoms with E-state index in [1.165, 1.54) is 0 Å². The Bertz CT molecular complexity index is 474. The van der Waals surface area contributed by atoms with Gasteiger partial charge in [-0.2, -0.15) is 0 Å². The fourth-order valence-corrected chi connectivity index (χ4v) is 1.54. The molecule has 1 aromatic heterocycles. The molecule has 0 amide bonds. The van der Waals surface area contributed by atoms with Crippen molar-refractivity contribution < 1.29 is 24.6 Å². The first-order valence-corrected chi connectivity index (χ1v) is 4.49. The monoisotopic (exact) mass is 234 g/mol. The molecule has 9 heteroatoms. The Balaban J connectivity index is 2.33. The first-order chi connectivity index (χ1) is 7.54. The van der Waals surface area contributed by atoms with Crippen molar-refractivity contribution in [3.63, 3.8) is 0 Å². The molecular weight excluding hydrogens is 224 g/mol. The Labute approximate surface area is 87.5 Å². The number of aromatic nitrogens is 2. The summed E-state index contributed by atoms with van der Waals surface area (Å²) in [5, 5.41) is 27.7. The van der Waals surface area contributed by atoms with Crippen LogP contribution in [-0.2, 0) is 4.74 Å². The van der Waals surface area contributed by atoms with Crippen LogP contribution in [0.4, 0.5) is 0 Å². The molecular formula is C7H10N2O7. The quantitative estimate of drug-likeness (QED) is 0.421. The van der Waals surface area contributed by atoms with Crippen molar-refractivity contribution in [2.45, 2.75) is 24.5 Å². The molecule has 2 rings (SSSR count). The zero-order valence-electron chi connectivity index (χ0n) is 7.94. The highest BCUT2D eigenvalue weighted by atomic mass is 16.6.